The Balaban J connectivity index is 2.79. The van der Waals surface area contributed by atoms with E-state index in [9.17, 15) is 0 Å². The van der Waals surface area contributed by atoms with Crippen LogP contribution in [0.3, 0.4) is 0 Å². The van der Waals surface area contributed by atoms with Crippen LogP contribution in [-0.4, -0.2) is 31.0 Å². The highest BCUT2D eigenvalue weighted by Crippen LogP contribution is 2.21. The molecule has 0 spiro atoms. The number of ether oxygens (including phenoxy) is 1. The molecule has 1 aromatic rings. The van der Waals surface area contributed by atoms with Crippen molar-refractivity contribution in [1.29, 1.82) is 0 Å². The molecule has 0 aliphatic rings. The van der Waals surface area contributed by atoms with Crippen molar-refractivity contribution in [3.63, 3.8) is 0 Å². The number of benzene rings is 1. The van der Waals surface area contributed by atoms with E-state index >= 15 is 0 Å². The number of alkyl halides is 2. The topological polar surface area (TPSA) is 12.5 Å². The minimum absolute atomic E-state index is 0.0903. The van der Waals surface area contributed by atoms with Crippen LogP contribution in [0, 0.1) is 0 Å². The molecule has 0 amide bonds. The van der Waals surface area contributed by atoms with Crippen molar-refractivity contribution in [2.45, 2.75) is 24.6 Å². The smallest absolute Gasteiger partial charge is 0.119 e. The van der Waals surface area contributed by atoms with Crippen LogP contribution < -0.4 is 9.64 Å². The van der Waals surface area contributed by atoms with E-state index in [2.05, 4.69) is 4.90 Å². The van der Waals surface area contributed by atoms with Crippen LogP contribution in [0.4, 0.5) is 5.69 Å². The van der Waals surface area contributed by atoms with Gasteiger partial charge in [-0.25, -0.2) is 0 Å². The monoisotopic (exact) mass is 275 g/mol. The summed E-state index contributed by atoms with van der Waals surface area (Å²) in [6, 6.07) is 7.94. The molecule has 1 rings (SSSR count). The van der Waals surface area contributed by atoms with E-state index in [4.69, 9.17) is 27.9 Å². The molecule has 0 aliphatic carbocycles. The van der Waals surface area contributed by atoms with Crippen LogP contribution in [0.25, 0.3) is 0 Å². The zero-order valence-electron chi connectivity index (χ0n) is 10.5. The zero-order valence-corrected chi connectivity index (χ0v) is 12.0. The third-order valence-electron chi connectivity index (χ3n) is 2.38. The molecule has 0 radical (unpaired) electrons. The second kappa shape index (κ2) is 6.97. The van der Waals surface area contributed by atoms with Crippen molar-refractivity contribution in [1.82, 2.24) is 0 Å². The van der Waals surface area contributed by atoms with Gasteiger partial charge in [-0.1, -0.05) is 0 Å². The highest BCUT2D eigenvalue weighted by molar-refractivity contribution is 6.21. The molecule has 0 saturated heterocycles. The van der Waals surface area contributed by atoms with Gasteiger partial charge in [0.25, 0.3) is 0 Å². The molecule has 2 nitrogen and oxygen atoms in total. The molecule has 0 aromatic heterocycles. The molecule has 96 valence electrons. The van der Waals surface area contributed by atoms with Gasteiger partial charge in [0.15, 0.2) is 0 Å². The lowest BCUT2D eigenvalue weighted by Crippen LogP contribution is -2.33. The van der Waals surface area contributed by atoms with Crippen LogP contribution in [0.5, 0.6) is 5.75 Å². The Kier molecular flexibility index (Phi) is 5.93. The highest BCUT2D eigenvalue weighted by Gasteiger charge is 2.12. The Labute approximate surface area is 113 Å². The molecule has 0 heterocycles. The number of nitrogens with zero attached hydrogens (tertiary/aromatic N) is 1. The molecule has 17 heavy (non-hydrogen) atoms. The van der Waals surface area contributed by atoms with Crippen molar-refractivity contribution in [3.05, 3.63) is 24.3 Å². The maximum absolute atomic E-state index is 6.05. The summed E-state index contributed by atoms with van der Waals surface area (Å²) in [5, 5.41) is 0.181. The predicted molar refractivity (Wildman–Crippen MR) is 75.8 cm³/mol. The first kappa shape index (κ1) is 14.5. The normalized spacial score (nSPS) is 14.2. The second-order valence-corrected chi connectivity index (χ2v) is 5.65. The van der Waals surface area contributed by atoms with Gasteiger partial charge in [0, 0.05) is 29.5 Å². The Hall–Kier alpha value is -0.600. The largest absolute Gasteiger partial charge is 0.497 e. The SMILES string of the molecule is COc1ccc(N(C[C@@H](C)Cl)C[C@@H](C)Cl)cc1. The fourth-order valence-electron chi connectivity index (χ4n) is 1.69. The maximum Gasteiger partial charge on any atom is 0.119 e. The number of methoxy groups -OCH3 is 1. The minimum Gasteiger partial charge on any atom is -0.497 e. The van der Waals surface area contributed by atoms with E-state index in [-0.39, 0.29) is 10.8 Å². The fraction of sp³-hybridized carbons (Fsp3) is 0.538. The Morgan fingerprint density at radius 2 is 1.53 bits per heavy atom. The van der Waals surface area contributed by atoms with E-state index in [1.807, 2.05) is 38.1 Å². The number of anilines is 1. The zero-order chi connectivity index (χ0) is 12.8. The van der Waals surface area contributed by atoms with Gasteiger partial charge in [-0.15, -0.1) is 23.2 Å². The van der Waals surface area contributed by atoms with Crippen LogP contribution in [0.15, 0.2) is 24.3 Å². The molecule has 1 aromatic carbocycles. The summed E-state index contributed by atoms with van der Waals surface area (Å²) in [4.78, 5) is 2.19. The van der Waals surface area contributed by atoms with Gasteiger partial charge in [0.05, 0.1) is 7.11 Å². The van der Waals surface area contributed by atoms with Crippen molar-refractivity contribution >= 4 is 28.9 Å². The summed E-state index contributed by atoms with van der Waals surface area (Å²) in [6.07, 6.45) is 0. The van der Waals surface area contributed by atoms with Gasteiger partial charge < -0.3 is 9.64 Å². The van der Waals surface area contributed by atoms with E-state index < -0.39 is 0 Å². The first-order valence-corrected chi connectivity index (χ1v) is 6.57. The molecule has 4 heteroatoms. The Morgan fingerprint density at radius 3 is 1.88 bits per heavy atom. The molecule has 0 unspecified atom stereocenters. The summed E-state index contributed by atoms with van der Waals surface area (Å²) in [6.45, 7) is 5.53. The maximum atomic E-state index is 6.05. The molecule has 0 fully saturated rings. The van der Waals surface area contributed by atoms with Crippen LogP contribution in [0.2, 0.25) is 0 Å². The standard InChI is InChI=1S/C13H19Cl2NO/c1-10(14)8-16(9-11(2)15)12-4-6-13(17-3)7-5-12/h4-7,10-11H,8-9H2,1-3H3/t10-,11-/m1/s1. The van der Waals surface area contributed by atoms with Gasteiger partial charge in [-0.2, -0.15) is 0 Å². The first-order valence-electron chi connectivity index (χ1n) is 5.70. The lowest BCUT2D eigenvalue weighted by Gasteiger charge is -2.27. The summed E-state index contributed by atoms with van der Waals surface area (Å²) in [5.41, 5.74) is 1.12. The average molecular weight is 276 g/mol. The van der Waals surface area contributed by atoms with Crippen molar-refractivity contribution in [2.75, 3.05) is 25.1 Å². The molecular weight excluding hydrogens is 257 g/mol. The number of hydrogen-bond acceptors (Lipinski definition) is 2. The van der Waals surface area contributed by atoms with Gasteiger partial charge in [-0.3, -0.25) is 0 Å². The lowest BCUT2D eigenvalue weighted by molar-refractivity contribution is 0.415. The van der Waals surface area contributed by atoms with E-state index in [1.165, 1.54) is 0 Å². The van der Waals surface area contributed by atoms with Crippen LogP contribution in [-0.2, 0) is 0 Å². The van der Waals surface area contributed by atoms with E-state index in [1.54, 1.807) is 7.11 Å². The highest BCUT2D eigenvalue weighted by atomic mass is 35.5. The minimum atomic E-state index is 0.0903. The van der Waals surface area contributed by atoms with Gasteiger partial charge in [0.1, 0.15) is 5.75 Å². The molecule has 2 atom stereocenters. The molecule has 0 bridgehead atoms. The number of rotatable bonds is 6. The summed E-state index contributed by atoms with van der Waals surface area (Å²) >= 11 is 12.1. The van der Waals surface area contributed by atoms with Gasteiger partial charge >= 0.3 is 0 Å². The molecule has 0 N–H and O–H groups in total. The van der Waals surface area contributed by atoms with Crippen LogP contribution >= 0.6 is 23.2 Å². The summed E-state index contributed by atoms with van der Waals surface area (Å²) in [5.74, 6) is 0.853. The van der Waals surface area contributed by atoms with Gasteiger partial charge in [-0.05, 0) is 38.1 Å². The second-order valence-electron chi connectivity index (χ2n) is 4.16. The summed E-state index contributed by atoms with van der Waals surface area (Å²) in [7, 11) is 1.66. The first-order chi connectivity index (χ1) is 8.02. The van der Waals surface area contributed by atoms with Gasteiger partial charge in [0.2, 0.25) is 0 Å². The van der Waals surface area contributed by atoms with Crippen molar-refractivity contribution in [3.8, 4) is 5.75 Å². The van der Waals surface area contributed by atoms with Crippen molar-refractivity contribution < 1.29 is 4.74 Å². The summed E-state index contributed by atoms with van der Waals surface area (Å²) < 4.78 is 5.14. The molecule has 0 saturated carbocycles. The van der Waals surface area contributed by atoms with E-state index in [0.717, 1.165) is 24.5 Å². The Bertz CT molecular complexity index is 315. The third kappa shape index (κ3) is 5.05. The molecular formula is C13H19Cl2NO. The van der Waals surface area contributed by atoms with Crippen LogP contribution in [0.1, 0.15) is 13.8 Å². The number of hydrogen-bond donors (Lipinski definition) is 0. The third-order valence-corrected chi connectivity index (χ3v) is 2.66. The quantitative estimate of drug-likeness (QED) is 0.733. The molecule has 0 aliphatic heterocycles. The Morgan fingerprint density at radius 1 is 1.06 bits per heavy atom. The lowest BCUT2D eigenvalue weighted by atomic mass is 10.2. The predicted octanol–water partition coefficient (Wildman–Crippen LogP) is 3.76. The number of halogens is 2. The van der Waals surface area contributed by atoms with E-state index in [0.29, 0.717) is 0 Å². The van der Waals surface area contributed by atoms with Crippen molar-refractivity contribution in [2.24, 2.45) is 0 Å². The average Bonchev–Trinajstić information content (AvgIpc) is 2.27. The fourth-order valence-corrected chi connectivity index (χ4v) is 2.02.